The maximum Gasteiger partial charge on any atom is 0.299 e. The third kappa shape index (κ3) is 3.09. The van der Waals surface area contributed by atoms with E-state index in [1.54, 1.807) is 24.3 Å². The van der Waals surface area contributed by atoms with E-state index in [2.05, 4.69) is 9.88 Å². The molecule has 1 aliphatic heterocycles. The van der Waals surface area contributed by atoms with E-state index in [4.69, 9.17) is 25.6 Å². The molecular weight excluding hydrogens is 356 g/mol. The van der Waals surface area contributed by atoms with Crippen LogP contribution in [0.5, 0.6) is 5.75 Å². The number of benzene rings is 1. The first kappa shape index (κ1) is 15.7. The Morgan fingerprint density at radius 2 is 1.92 bits per heavy atom. The fraction of sp³-hybridized carbons (Fsp3) is 0.400. The van der Waals surface area contributed by atoms with Crippen LogP contribution in [0, 0.1) is 0 Å². The lowest BCUT2D eigenvalue weighted by molar-refractivity contribution is -0.0796. The van der Waals surface area contributed by atoms with Crippen LogP contribution in [0.3, 0.4) is 0 Å². The Balaban J connectivity index is 1.48. The van der Waals surface area contributed by atoms with Gasteiger partial charge in [-0.2, -0.15) is 8.42 Å². The second kappa shape index (κ2) is 5.94. The molecule has 0 radical (unpaired) electrons. The van der Waals surface area contributed by atoms with Crippen molar-refractivity contribution < 1.29 is 22.4 Å². The molecule has 4 rings (SSSR count). The molecule has 1 N–H and O–H groups in total. The zero-order chi connectivity index (χ0) is 16.7. The zero-order valence-electron chi connectivity index (χ0n) is 12.6. The number of aromatic nitrogens is 1. The van der Waals surface area contributed by atoms with E-state index in [-0.39, 0.29) is 22.1 Å². The van der Waals surface area contributed by atoms with Gasteiger partial charge in [0.1, 0.15) is 22.6 Å². The minimum Gasteiger partial charge on any atom is -0.486 e. The maximum absolute atomic E-state index is 12.4. The van der Waals surface area contributed by atoms with E-state index in [0.29, 0.717) is 30.3 Å². The number of nitrogens with zero attached hydrogens (tertiary/aromatic N) is 1. The Hall–Kier alpha value is -1.77. The Kier molecular flexibility index (Phi) is 3.90. The van der Waals surface area contributed by atoms with Crippen molar-refractivity contribution in [2.45, 2.75) is 30.0 Å². The average Bonchev–Trinajstić information content (AvgIpc) is 3.26. The van der Waals surface area contributed by atoms with Crippen LogP contribution in [0.2, 0.25) is 5.02 Å². The van der Waals surface area contributed by atoms with Gasteiger partial charge >= 0.3 is 0 Å². The third-order valence-electron chi connectivity index (χ3n) is 3.86. The van der Waals surface area contributed by atoms with Crippen LogP contribution >= 0.6 is 11.6 Å². The van der Waals surface area contributed by atoms with Crippen molar-refractivity contribution in [1.82, 2.24) is 5.16 Å². The number of halogens is 1. The molecular formula is C15H15ClN2O5S. The van der Waals surface area contributed by atoms with Gasteiger partial charge in [-0.05, 0) is 37.1 Å². The largest absolute Gasteiger partial charge is 0.486 e. The third-order valence-corrected chi connectivity index (χ3v) is 5.60. The highest BCUT2D eigenvalue weighted by molar-refractivity contribution is 7.92. The molecule has 1 aromatic carbocycles. The minimum atomic E-state index is -3.93. The van der Waals surface area contributed by atoms with Crippen molar-refractivity contribution in [2.24, 2.45) is 0 Å². The SMILES string of the molecule is O=S(=O)(Nc1ccc(OC2COC2)cc1)c1onc(C2CC2)c1Cl. The Bertz CT molecular complexity index is 841. The Labute approximate surface area is 143 Å². The number of sulfonamides is 1. The predicted molar refractivity (Wildman–Crippen MR) is 86.0 cm³/mol. The first-order valence-electron chi connectivity index (χ1n) is 7.55. The summed E-state index contributed by atoms with van der Waals surface area (Å²) in [5.74, 6) is 0.858. The lowest BCUT2D eigenvalue weighted by Crippen LogP contribution is -2.38. The topological polar surface area (TPSA) is 90.7 Å². The van der Waals surface area contributed by atoms with Gasteiger partial charge in [0.25, 0.3) is 15.1 Å². The summed E-state index contributed by atoms with van der Waals surface area (Å²) in [4.78, 5) is 0. The van der Waals surface area contributed by atoms with Gasteiger partial charge < -0.3 is 14.0 Å². The summed E-state index contributed by atoms with van der Waals surface area (Å²) in [7, 11) is -3.93. The summed E-state index contributed by atoms with van der Waals surface area (Å²) in [5.41, 5.74) is 0.899. The van der Waals surface area contributed by atoms with Gasteiger partial charge in [0.2, 0.25) is 0 Å². The molecule has 0 spiro atoms. The molecule has 2 aromatic rings. The van der Waals surface area contributed by atoms with Gasteiger partial charge in [0.15, 0.2) is 0 Å². The lowest BCUT2D eigenvalue weighted by Gasteiger charge is -2.26. The molecule has 24 heavy (non-hydrogen) atoms. The highest BCUT2D eigenvalue weighted by atomic mass is 35.5. The van der Waals surface area contributed by atoms with Crippen LogP contribution in [0.25, 0.3) is 0 Å². The molecule has 0 amide bonds. The quantitative estimate of drug-likeness (QED) is 0.840. The van der Waals surface area contributed by atoms with Gasteiger partial charge in [0.05, 0.1) is 13.2 Å². The van der Waals surface area contributed by atoms with Crippen molar-refractivity contribution in [2.75, 3.05) is 17.9 Å². The number of hydrogen-bond donors (Lipinski definition) is 1. The monoisotopic (exact) mass is 370 g/mol. The van der Waals surface area contributed by atoms with E-state index in [9.17, 15) is 8.42 Å². The second-order valence-corrected chi connectivity index (χ2v) is 7.81. The summed E-state index contributed by atoms with van der Waals surface area (Å²) < 4.78 is 42.9. The summed E-state index contributed by atoms with van der Waals surface area (Å²) in [6, 6.07) is 6.60. The molecule has 0 bridgehead atoms. The van der Waals surface area contributed by atoms with E-state index >= 15 is 0 Å². The van der Waals surface area contributed by atoms with Crippen molar-refractivity contribution in [3.63, 3.8) is 0 Å². The Morgan fingerprint density at radius 3 is 2.50 bits per heavy atom. The van der Waals surface area contributed by atoms with E-state index in [1.807, 2.05) is 0 Å². The van der Waals surface area contributed by atoms with Crippen LogP contribution < -0.4 is 9.46 Å². The zero-order valence-corrected chi connectivity index (χ0v) is 14.1. The molecule has 1 aromatic heterocycles. The number of rotatable bonds is 6. The Morgan fingerprint density at radius 1 is 1.21 bits per heavy atom. The van der Waals surface area contributed by atoms with Crippen molar-refractivity contribution in [3.05, 3.63) is 35.0 Å². The highest BCUT2D eigenvalue weighted by Gasteiger charge is 2.35. The van der Waals surface area contributed by atoms with Gasteiger partial charge in [-0.3, -0.25) is 4.72 Å². The fourth-order valence-corrected chi connectivity index (χ4v) is 3.87. The van der Waals surface area contributed by atoms with E-state index in [0.717, 1.165) is 12.8 Å². The lowest BCUT2D eigenvalue weighted by atomic mass is 10.3. The molecule has 2 fully saturated rings. The molecule has 1 saturated heterocycles. The van der Waals surface area contributed by atoms with Gasteiger partial charge in [-0.1, -0.05) is 16.8 Å². The van der Waals surface area contributed by atoms with Crippen LogP contribution in [0.1, 0.15) is 24.5 Å². The van der Waals surface area contributed by atoms with Gasteiger partial charge in [-0.25, -0.2) is 0 Å². The first-order valence-corrected chi connectivity index (χ1v) is 9.41. The summed E-state index contributed by atoms with van der Waals surface area (Å²) >= 11 is 6.11. The fourth-order valence-electron chi connectivity index (χ4n) is 2.33. The predicted octanol–water partition coefficient (Wildman–Crippen LogP) is 2.78. The molecule has 2 aliphatic rings. The van der Waals surface area contributed by atoms with Gasteiger partial charge in [0, 0.05) is 11.6 Å². The molecule has 9 heteroatoms. The van der Waals surface area contributed by atoms with Crippen molar-refractivity contribution >= 4 is 27.3 Å². The van der Waals surface area contributed by atoms with Crippen LogP contribution in [0.15, 0.2) is 33.9 Å². The number of hydrogen-bond acceptors (Lipinski definition) is 6. The summed E-state index contributed by atoms with van der Waals surface area (Å²) in [6.07, 6.45) is 1.96. The first-order chi connectivity index (χ1) is 11.5. The molecule has 7 nitrogen and oxygen atoms in total. The standard InChI is InChI=1S/C15H15ClN2O5S/c16-13-14(9-1-2-9)17-23-15(13)24(19,20)18-10-3-5-11(6-4-10)22-12-7-21-8-12/h3-6,9,12,18H,1-2,7-8H2. The van der Waals surface area contributed by atoms with Crippen molar-refractivity contribution in [3.8, 4) is 5.75 Å². The second-order valence-electron chi connectivity index (χ2n) is 5.85. The summed E-state index contributed by atoms with van der Waals surface area (Å²) in [6.45, 7) is 1.14. The molecule has 1 aliphatic carbocycles. The molecule has 2 heterocycles. The molecule has 0 atom stereocenters. The van der Waals surface area contributed by atoms with Crippen LogP contribution in [0.4, 0.5) is 5.69 Å². The maximum atomic E-state index is 12.4. The average molecular weight is 371 g/mol. The number of ether oxygens (including phenoxy) is 2. The normalized spacial score (nSPS) is 18.2. The molecule has 0 unspecified atom stereocenters. The minimum absolute atomic E-state index is 0.0568. The highest BCUT2D eigenvalue weighted by Crippen LogP contribution is 2.44. The van der Waals surface area contributed by atoms with E-state index < -0.39 is 10.0 Å². The van der Waals surface area contributed by atoms with Crippen LogP contribution in [-0.4, -0.2) is 32.9 Å². The van der Waals surface area contributed by atoms with Crippen molar-refractivity contribution in [1.29, 1.82) is 0 Å². The van der Waals surface area contributed by atoms with Gasteiger partial charge in [-0.15, -0.1) is 0 Å². The number of anilines is 1. The number of nitrogens with one attached hydrogen (secondary N) is 1. The summed E-state index contributed by atoms with van der Waals surface area (Å²) in [5, 5.41) is 3.51. The molecule has 128 valence electrons. The molecule has 1 saturated carbocycles. The van der Waals surface area contributed by atoms with Crippen LogP contribution in [-0.2, 0) is 14.8 Å². The van der Waals surface area contributed by atoms with E-state index in [1.165, 1.54) is 0 Å². The smallest absolute Gasteiger partial charge is 0.299 e.